The van der Waals surface area contributed by atoms with Gasteiger partial charge in [0.05, 0.1) is 0 Å². The zero-order valence-electron chi connectivity index (χ0n) is 17.9. The molecule has 0 bridgehead atoms. The van der Waals surface area contributed by atoms with Gasteiger partial charge in [-0.2, -0.15) is 0 Å². The van der Waals surface area contributed by atoms with Gasteiger partial charge in [-0.15, -0.1) is 0 Å². The van der Waals surface area contributed by atoms with Gasteiger partial charge in [-0.05, 0) is 34.9 Å². The van der Waals surface area contributed by atoms with E-state index in [1.165, 1.54) is 18.2 Å². The fourth-order valence-corrected chi connectivity index (χ4v) is 2.45. The number of phenolic OH excluding ortho intramolecular Hbond substituents is 3. The molecular formula is C24H21O9Sc. The molecule has 0 atom stereocenters. The molecule has 0 amide bonds. The third-order valence-corrected chi connectivity index (χ3v) is 3.98. The van der Waals surface area contributed by atoms with Crippen molar-refractivity contribution < 1.29 is 70.9 Å². The molecule has 0 saturated carbocycles. The number of carbonyl (C=O) groups excluding carboxylic acids is 3. The molecule has 0 heterocycles. The molecule has 0 saturated heterocycles. The topological polar surface area (TPSA) is 181 Å². The van der Waals surface area contributed by atoms with Crippen molar-refractivity contribution in [3.63, 3.8) is 0 Å². The first-order valence-corrected chi connectivity index (χ1v) is 9.50. The number of para-hydroxylation sites is 3. The van der Waals surface area contributed by atoms with Crippen LogP contribution in [-0.2, 0) is 59.5 Å². The fourth-order valence-electron chi connectivity index (χ4n) is 2.45. The average Bonchev–Trinajstić information content (AvgIpc) is 2.73. The van der Waals surface area contributed by atoms with Crippen LogP contribution in [0, 0.1) is 0 Å². The molecule has 0 aliphatic rings. The maximum atomic E-state index is 10.1. The molecule has 0 spiro atoms. The van der Waals surface area contributed by atoms with Crippen LogP contribution in [0.1, 0.15) is 16.7 Å². The summed E-state index contributed by atoms with van der Waals surface area (Å²) in [5.41, 5.74) is 1.15. The number of aliphatic carboxylic acids is 3. The summed E-state index contributed by atoms with van der Waals surface area (Å²) in [6, 6.07) is 18.9. The third-order valence-electron chi connectivity index (χ3n) is 3.98. The molecule has 0 fully saturated rings. The Kier molecular flexibility index (Phi) is 14.3. The standard InChI is InChI=1S/3C8H8O3.Sc/c3*9-7-4-2-1-3-6(7)5-8(10)11;/h3*1-4,9H,5H2,(H,10,11);/q;;;+3/p-3. The van der Waals surface area contributed by atoms with Gasteiger partial charge < -0.3 is 45.0 Å². The summed E-state index contributed by atoms with van der Waals surface area (Å²) in [6.45, 7) is 0. The van der Waals surface area contributed by atoms with Crippen LogP contribution in [0.2, 0.25) is 0 Å². The molecule has 34 heavy (non-hydrogen) atoms. The van der Waals surface area contributed by atoms with Gasteiger partial charge >= 0.3 is 25.8 Å². The van der Waals surface area contributed by atoms with Crippen LogP contribution < -0.4 is 15.3 Å². The van der Waals surface area contributed by atoms with E-state index in [-0.39, 0.29) is 62.4 Å². The number of carboxylic acids is 3. The minimum Gasteiger partial charge on any atom is -0.550 e. The molecule has 9 nitrogen and oxygen atoms in total. The molecular weight excluding hydrogens is 477 g/mol. The molecule has 0 aliphatic carbocycles. The zero-order chi connectivity index (χ0) is 24.8. The summed E-state index contributed by atoms with van der Waals surface area (Å²) in [4.78, 5) is 30.3. The number of carboxylic acid groups (broad SMARTS) is 3. The van der Waals surface area contributed by atoms with Crippen molar-refractivity contribution in [1.82, 2.24) is 0 Å². The summed E-state index contributed by atoms with van der Waals surface area (Å²) < 4.78 is 0. The van der Waals surface area contributed by atoms with Crippen LogP contribution in [0.3, 0.4) is 0 Å². The molecule has 174 valence electrons. The molecule has 3 aromatic rings. The normalized spacial score (nSPS) is 9.18. The number of phenols is 3. The zero-order valence-corrected chi connectivity index (χ0v) is 19.7. The van der Waals surface area contributed by atoms with E-state index in [0.717, 1.165) is 0 Å². The second-order valence-electron chi connectivity index (χ2n) is 6.53. The molecule has 0 unspecified atom stereocenters. The maximum absolute atomic E-state index is 10.1. The van der Waals surface area contributed by atoms with Gasteiger partial charge in [0.1, 0.15) is 17.2 Å². The number of rotatable bonds is 6. The SMILES string of the molecule is O=C([O-])Cc1ccccc1O.O=C([O-])Cc1ccccc1O.O=C([O-])Cc1ccccc1O.[Sc+3]. The number of hydrogen-bond acceptors (Lipinski definition) is 9. The van der Waals surface area contributed by atoms with E-state index in [4.69, 9.17) is 15.3 Å². The molecule has 0 aliphatic heterocycles. The second-order valence-corrected chi connectivity index (χ2v) is 6.53. The van der Waals surface area contributed by atoms with Gasteiger partial charge in [-0.3, -0.25) is 0 Å². The second kappa shape index (κ2) is 16.0. The van der Waals surface area contributed by atoms with Gasteiger partial charge in [0.15, 0.2) is 0 Å². The number of hydrogen-bond donors (Lipinski definition) is 3. The van der Waals surface area contributed by atoms with Crippen LogP contribution >= 0.6 is 0 Å². The van der Waals surface area contributed by atoms with E-state index in [0.29, 0.717) is 16.7 Å². The van der Waals surface area contributed by atoms with Gasteiger partial charge in [-0.1, -0.05) is 54.6 Å². The first kappa shape index (κ1) is 30.3. The van der Waals surface area contributed by atoms with Crippen molar-refractivity contribution in [2.24, 2.45) is 0 Å². The summed E-state index contributed by atoms with van der Waals surface area (Å²) in [6.07, 6.45) is -0.730. The number of carbonyl (C=O) groups is 3. The minimum atomic E-state index is -1.19. The van der Waals surface area contributed by atoms with Crippen molar-refractivity contribution in [3.8, 4) is 17.2 Å². The Bertz CT molecular complexity index is 947. The Hall–Kier alpha value is -3.66. The predicted molar refractivity (Wildman–Crippen MR) is 110 cm³/mol. The van der Waals surface area contributed by atoms with Gasteiger partial charge in [-0.25, -0.2) is 0 Å². The first-order valence-electron chi connectivity index (χ1n) is 9.50. The van der Waals surface area contributed by atoms with Crippen LogP contribution in [-0.4, -0.2) is 33.2 Å². The molecule has 0 aromatic heterocycles. The van der Waals surface area contributed by atoms with Gasteiger partial charge in [0, 0.05) is 37.2 Å². The Balaban J connectivity index is 0.000000473. The maximum Gasteiger partial charge on any atom is 3.00 e. The van der Waals surface area contributed by atoms with Crippen LogP contribution in [0.25, 0.3) is 0 Å². The third kappa shape index (κ3) is 12.4. The van der Waals surface area contributed by atoms with Crippen molar-refractivity contribution >= 4 is 17.9 Å². The van der Waals surface area contributed by atoms with E-state index in [1.807, 2.05) is 0 Å². The molecule has 0 radical (unpaired) electrons. The molecule has 3 N–H and O–H groups in total. The number of benzene rings is 3. The predicted octanol–water partition coefficient (Wildman–Crippen LogP) is -0.949. The largest absolute Gasteiger partial charge is 3.00 e. The molecule has 3 aromatic carbocycles. The van der Waals surface area contributed by atoms with Gasteiger partial charge in [0.25, 0.3) is 0 Å². The summed E-state index contributed by atoms with van der Waals surface area (Å²) in [5.74, 6) is -3.57. The van der Waals surface area contributed by atoms with Crippen molar-refractivity contribution in [1.29, 1.82) is 0 Å². The summed E-state index contributed by atoms with van der Waals surface area (Å²) >= 11 is 0. The van der Waals surface area contributed by atoms with Crippen LogP contribution in [0.5, 0.6) is 17.2 Å². The summed E-state index contributed by atoms with van der Waals surface area (Å²) in [7, 11) is 0. The van der Waals surface area contributed by atoms with E-state index < -0.39 is 17.9 Å². The monoisotopic (exact) mass is 498 g/mol. The van der Waals surface area contributed by atoms with Crippen LogP contribution in [0.15, 0.2) is 72.8 Å². The van der Waals surface area contributed by atoms with Crippen molar-refractivity contribution in [2.75, 3.05) is 0 Å². The molecule has 10 heteroatoms. The Morgan fingerprint density at radius 2 is 0.706 bits per heavy atom. The number of aromatic hydroxyl groups is 3. The average molecular weight is 498 g/mol. The van der Waals surface area contributed by atoms with Crippen LogP contribution in [0.4, 0.5) is 0 Å². The minimum absolute atomic E-state index is 0. The fraction of sp³-hybridized carbons (Fsp3) is 0.125. The van der Waals surface area contributed by atoms with Gasteiger partial charge in [0.2, 0.25) is 0 Å². The smallest absolute Gasteiger partial charge is 0.550 e. The van der Waals surface area contributed by atoms with E-state index >= 15 is 0 Å². The Morgan fingerprint density at radius 1 is 0.500 bits per heavy atom. The Morgan fingerprint density at radius 3 is 0.882 bits per heavy atom. The van der Waals surface area contributed by atoms with E-state index in [1.54, 1.807) is 54.6 Å². The Labute approximate surface area is 214 Å². The first-order chi connectivity index (χ1) is 15.6. The van der Waals surface area contributed by atoms with Crippen molar-refractivity contribution in [2.45, 2.75) is 19.3 Å². The quantitative estimate of drug-likeness (QED) is 0.386. The molecule has 3 rings (SSSR count). The van der Waals surface area contributed by atoms with E-state index in [9.17, 15) is 29.7 Å². The summed E-state index contributed by atoms with van der Waals surface area (Å²) in [5, 5.41) is 57.5. The van der Waals surface area contributed by atoms with E-state index in [2.05, 4.69) is 0 Å². The van der Waals surface area contributed by atoms with Crippen molar-refractivity contribution in [3.05, 3.63) is 89.5 Å².